The molecule has 0 spiro atoms. The highest BCUT2D eigenvalue weighted by atomic mass is 79.9. The fourth-order valence-electron chi connectivity index (χ4n) is 2.43. The third-order valence-electron chi connectivity index (χ3n) is 3.72. The van der Waals surface area contributed by atoms with Gasteiger partial charge in [-0.15, -0.1) is 0 Å². The van der Waals surface area contributed by atoms with Crippen molar-refractivity contribution in [2.24, 2.45) is 0 Å². The van der Waals surface area contributed by atoms with Crippen LogP contribution in [0.5, 0.6) is 0 Å². The molecule has 27 heavy (non-hydrogen) atoms. The van der Waals surface area contributed by atoms with Crippen molar-refractivity contribution in [3.8, 4) is 0 Å². The van der Waals surface area contributed by atoms with Gasteiger partial charge in [0.15, 0.2) is 10.9 Å². The number of thiocarbonyl (C=S) groups is 1. The van der Waals surface area contributed by atoms with E-state index in [0.29, 0.717) is 27.5 Å². The molecule has 0 unspecified atom stereocenters. The third-order valence-corrected chi connectivity index (χ3v) is 5.08. The topological polar surface area (TPSA) is 59.7 Å². The Kier molecular flexibility index (Phi) is 7.12. The van der Waals surface area contributed by atoms with E-state index in [4.69, 9.17) is 35.4 Å². The molecule has 0 saturated heterocycles. The van der Waals surface area contributed by atoms with Gasteiger partial charge >= 0.3 is 0 Å². The number of aromatic nitrogens is 4. The lowest BCUT2D eigenvalue weighted by Crippen LogP contribution is -2.30. The number of hydrogen-bond donors (Lipinski definition) is 2. The van der Waals surface area contributed by atoms with Gasteiger partial charge < -0.3 is 10.6 Å². The fraction of sp³-hybridized carbons (Fsp3) is 0.235. The molecule has 0 saturated carbocycles. The smallest absolute Gasteiger partial charge is 0.171 e. The SMILES string of the molecule is S=C(NCCCn1cc(Br)cn1)Nc1ccn(Cc2c(Cl)cccc2Cl)n1. The van der Waals surface area contributed by atoms with E-state index in [-0.39, 0.29) is 0 Å². The van der Waals surface area contributed by atoms with Crippen LogP contribution in [-0.4, -0.2) is 31.2 Å². The molecule has 6 nitrogen and oxygen atoms in total. The monoisotopic (exact) mass is 486 g/mol. The van der Waals surface area contributed by atoms with E-state index >= 15 is 0 Å². The molecule has 10 heteroatoms. The number of anilines is 1. The predicted molar refractivity (Wildman–Crippen MR) is 117 cm³/mol. The summed E-state index contributed by atoms with van der Waals surface area (Å²) in [6, 6.07) is 7.29. The number of benzene rings is 1. The van der Waals surface area contributed by atoms with Crippen molar-refractivity contribution in [1.29, 1.82) is 0 Å². The first-order chi connectivity index (χ1) is 13.0. The first-order valence-corrected chi connectivity index (χ1v) is 10.2. The van der Waals surface area contributed by atoms with Crippen molar-refractivity contribution in [2.75, 3.05) is 11.9 Å². The summed E-state index contributed by atoms with van der Waals surface area (Å²) in [5.74, 6) is 0.659. The highest BCUT2D eigenvalue weighted by Crippen LogP contribution is 2.25. The Labute approximate surface area is 181 Å². The second-order valence-electron chi connectivity index (χ2n) is 5.75. The van der Waals surface area contributed by atoms with E-state index < -0.39 is 0 Å². The molecule has 142 valence electrons. The van der Waals surface area contributed by atoms with Crippen molar-refractivity contribution >= 4 is 62.3 Å². The molecule has 2 aromatic heterocycles. The Morgan fingerprint density at radius 2 is 1.96 bits per heavy atom. The summed E-state index contributed by atoms with van der Waals surface area (Å²) in [6.07, 6.45) is 6.45. The lowest BCUT2D eigenvalue weighted by molar-refractivity contribution is 0.573. The van der Waals surface area contributed by atoms with Crippen LogP contribution in [0, 0.1) is 0 Å². The molecule has 3 aromatic rings. The number of rotatable bonds is 7. The second-order valence-corrected chi connectivity index (χ2v) is 7.89. The van der Waals surface area contributed by atoms with Crippen molar-refractivity contribution in [1.82, 2.24) is 24.9 Å². The Balaban J connectivity index is 1.45. The van der Waals surface area contributed by atoms with Crippen LogP contribution in [-0.2, 0) is 13.1 Å². The molecule has 0 fully saturated rings. The van der Waals surface area contributed by atoms with E-state index in [1.165, 1.54) is 0 Å². The minimum atomic E-state index is 0.486. The summed E-state index contributed by atoms with van der Waals surface area (Å²) in [5.41, 5.74) is 0.835. The van der Waals surface area contributed by atoms with E-state index in [1.807, 2.05) is 41.3 Å². The highest BCUT2D eigenvalue weighted by Gasteiger charge is 2.08. The van der Waals surface area contributed by atoms with Gasteiger partial charge in [-0.05, 0) is 46.7 Å². The molecule has 0 bridgehead atoms. The van der Waals surface area contributed by atoms with Crippen LogP contribution in [0.15, 0.2) is 47.3 Å². The van der Waals surface area contributed by atoms with Gasteiger partial charge in [-0.2, -0.15) is 10.2 Å². The molecular formula is C17H17BrCl2N6S. The lowest BCUT2D eigenvalue weighted by Gasteiger charge is -2.09. The maximum Gasteiger partial charge on any atom is 0.171 e. The van der Waals surface area contributed by atoms with Crippen LogP contribution >= 0.6 is 51.3 Å². The quantitative estimate of drug-likeness (QED) is 0.377. The van der Waals surface area contributed by atoms with Crippen LogP contribution in [0.1, 0.15) is 12.0 Å². The van der Waals surface area contributed by atoms with Crippen molar-refractivity contribution < 1.29 is 0 Å². The van der Waals surface area contributed by atoms with Crippen LogP contribution < -0.4 is 10.6 Å². The van der Waals surface area contributed by atoms with E-state index in [9.17, 15) is 0 Å². The zero-order valence-electron chi connectivity index (χ0n) is 14.2. The standard InChI is InChI=1S/C17H17BrCl2N6S/c18-12-9-22-25(10-12)7-2-6-21-17(27)23-16-5-8-26(24-16)11-13-14(19)3-1-4-15(13)20/h1,3-5,8-10H,2,6-7,11H2,(H2,21,23,24,27). The first kappa shape index (κ1) is 20.1. The minimum Gasteiger partial charge on any atom is -0.362 e. The largest absolute Gasteiger partial charge is 0.362 e. The molecular weight excluding hydrogens is 471 g/mol. The predicted octanol–water partition coefficient (Wildman–Crippen LogP) is 4.57. The number of halogens is 3. The summed E-state index contributed by atoms with van der Waals surface area (Å²) in [4.78, 5) is 0. The summed E-state index contributed by atoms with van der Waals surface area (Å²) in [6.45, 7) is 2.04. The Bertz CT molecular complexity index is 906. The van der Waals surface area contributed by atoms with Crippen LogP contribution in [0.2, 0.25) is 10.0 Å². The summed E-state index contributed by atoms with van der Waals surface area (Å²) >= 11 is 21.1. The van der Waals surface area contributed by atoms with Gasteiger partial charge in [0, 0.05) is 47.2 Å². The van der Waals surface area contributed by atoms with Gasteiger partial charge in [0.1, 0.15) is 0 Å². The summed E-state index contributed by atoms with van der Waals surface area (Å²) in [7, 11) is 0. The van der Waals surface area contributed by atoms with Gasteiger partial charge in [0.25, 0.3) is 0 Å². The van der Waals surface area contributed by atoms with Gasteiger partial charge in [0.2, 0.25) is 0 Å². The average molecular weight is 488 g/mol. The molecule has 0 atom stereocenters. The lowest BCUT2D eigenvalue weighted by atomic mass is 10.2. The van der Waals surface area contributed by atoms with Crippen molar-refractivity contribution in [3.63, 3.8) is 0 Å². The normalized spacial score (nSPS) is 10.8. The van der Waals surface area contributed by atoms with E-state index in [1.54, 1.807) is 10.9 Å². The third kappa shape index (κ3) is 5.93. The summed E-state index contributed by atoms with van der Waals surface area (Å²) < 4.78 is 4.61. The van der Waals surface area contributed by atoms with Crippen molar-refractivity contribution in [2.45, 2.75) is 19.5 Å². The number of nitrogens with one attached hydrogen (secondary N) is 2. The zero-order chi connectivity index (χ0) is 19.2. The van der Waals surface area contributed by atoms with Gasteiger partial charge in [-0.1, -0.05) is 29.3 Å². The van der Waals surface area contributed by atoms with E-state index in [2.05, 4.69) is 36.8 Å². The van der Waals surface area contributed by atoms with E-state index in [0.717, 1.165) is 29.5 Å². The number of hydrogen-bond acceptors (Lipinski definition) is 3. The molecule has 2 heterocycles. The van der Waals surface area contributed by atoms with Gasteiger partial charge in [0.05, 0.1) is 17.2 Å². The summed E-state index contributed by atoms with van der Waals surface area (Å²) in [5, 5.41) is 16.7. The molecule has 0 aliphatic carbocycles. The van der Waals surface area contributed by atoms with Crippen molar-refractivity contribution in [3.05, 3.63) is 62.9 Å². The van der Waals surface area contributed by atoms with Gasteiger partial charge in [-0.25, -0.2) is 0 Å². The minimum absolute atomic E-state index is 0.486. The second kappa shape index (κ2) is 9.54. The first-order valence-electron chi connectivity index (χ1n) is 8.20. The Hall–Kier alpha value is -1.61. The molecule has 2 N–H and O–H groups in total. The molecule has 0 radical (unpaired) electrons. The highest BCUT2D eigenvalue weighted by molar-refractivity contribution is 9.10. The van der Waals surface area contributed by atoms with Crippen LogP contribution in [0.4, 0.5) is 5.82 Å². The molecule has 0 amide bonds. The molecule has 0 aliphatic heterocycles. The maximum absolute atomic E-state index is 6.21. The zero-order valence-corrected chi connectivity index (χ0v) is 18.1. The molecule has 1 aromatic carbocycles. The Morgan fingerprint density at radius 1 is 1.19 bits per heavy atom. The number of nitrogens with zero attached hydrogens (tertiary/aromatic N) is 4. The van der Waals surface area contributed by atoms with Crippen LogP contribution in [0.3, 0.4) is 0 Å². The maximum atomic E-state index is 6.21. The average Bonchev–Trinajstić information content (AvgIpc) is 3.24. The van der Waals surface area contributed by atoms with Gasteiger partial charge in [-0.3, -0.25) is 9.36 Å². The van der Waals surface area contributed by atoms with Crippen LogP contribution in [0.25, 0.3) is 0 Å². The Morgan fingerprint density at radius 3 is 2.67 bits per heavy atom. The number of aryl methyl sites for hydroxylation is 1. The molecule has 3 rings (SSSR count). The fourth-order valence-corrected chi connectivity index (χ4v) is 3.48. The molecule has 0 aliphatic rings.